The Morgan fingerprint density at radius 2 is 2.24 bits per heavy atom. The first-order valence-corrected chi connectivity index (χ1v) is 10.3. The molecule has 2 saturated heterocycles. The predicted octanol–water partition coefficient (Wildman–Crippen LogP) is 1.87. The van der Waals surface area contributed by atoms with E-state index in [4.69, 9.17) is 4.74 Å². The van der Waals surface area contributed by atoms with E-state index in [1.54, 1.807) is 11.3 Å². The number of aromatic nitrogens is 1. The molecule has 0 bridgehead atoms. The molecule has 0 saturated carbocycles. The van der Waals surface area contributed by atoms with Crippen LogP contribution in [0.5, 0.6) is 0 Å². The lowest BCUT2D eigenvalue weighted by Gasteiger charge is -2.34. The molecule has 0 aliphatic carbocycles. The van der Waals surface area contributed by atoms with Gasteiger partial charge in [-0.15, -0.1) is 11.3 Å². The van der Waals surface area contributed by atoms with Crippen LogP contribution in [-0.2, 0) is 17.7 Å². The van der Waals surface area contributed by atoms with E-state index in [1.165, 1.54) is 30.7 Å². The third-order valence-corrected chi connectivity index (χ3v) is 6.19. The molecule has 0 radical (unpaired) electrons. The summed E-state index contributed by atoms with van der Waals surface area (Å²) >= 11 is 1.77. The molecule has 2 aliphatic rings. The summed E-state index contributed by atoms with van der Waals surface area (Å²) in [7, 11) is 1.84. The molecule has 1 aromatic heterocycles. The van der Waals surface area contributed by atoms with Crippen molar-refractivity contribution in [3.8, 4) is 0 Å². The van der Waals surface area contributed by atoms with Crippen molar-refractivity contribution in [3.63, 3.8) is 0 Å². The van der Waals surface area contributed by atoms with Gasteiger partial charge in [0.2, 0.25) is 0 Å². The number of nitrogens with zero attached hydrogens (tertiary/aromatic N) is 3. The van der Waals surface area contributed by atoms with Crippen LogP contribution in [0.2, 0.25) is 0 Å². The van der Waals surface area contributed by atoms with Crippen LogP contribution in [0.25, 0.3) is 0 Å². The van der Waals surface area contributed by atoms with Crippen molar-refractivity contribution < 1.29 is 4.74 Å². The summed E-state index contributed by atoms with van der Waals surface area (Å²) < 4.78 is 5.49. The van der Waals surface area contributed by atoms with Gasteiger partial charge >= 0.3 is 0 Å². The zero-order valence-corrected chi connectivity index (χ0v) is 16.3. The van der Waals surface area contributed by atoms with Gasteiger partial charge in [-0.2, -0.15) is 0 Å². The van der Waals surface area contributed by atoms with E-state index in [2.05, 4.69) is 32.4 Å². The SMILES string of the molecule is CCc1cnc(CNC(=NC)NC2CCN(CC3CCOC3)CC2)s1. The number of rotatable bonds is 6. The molecule has 2 aliphatic heterocycles. The van der Waals surface area contributed by atoms with Gasteiger partial charge in [-0.05, 0) is 31.6 Å². The summed E-state index contributed by atoms with van der Waals surface area (Å²) in [6.07, 6.45) is 6.60. The number of thiazole rings is 1. The van der Waals surface area contributed by atoms with E-state index in [0.717, 1.165) is 56.2 Å². The van der Waals surface area contributed by atoms with Crippen molar-refractivity contribution in [2.24, 2.45) is 10.9 Å². The molecule has 6 nitrogen and oxygen atoms in total. The van der Waals surface area contributed by atoms with Crippen molar-refractivity contribution in [2.75, 3.05) is 39.9 Å². The van der Waals surface area contributed by atoms with Crippen LogP contribution < -0.4 is 10.6 Å². The van der Waals surface area contributed by atoms with E-state index in [9.17, 15) is 0 Å². The van der Waals surface area contributed by atoms with Gasteiger partial charge in [0.05, 0.1) is 13.2 Å². The fraction of sp³-hybridized carbons (Fsp3) is 0.778. The van der Waals surface area contributed by atoms with Crippen molar-refractivity contribution in [2.45, 2.75) is 45.2 Å². The average molecular weight is 366 g/mol. The first-order chi connectivity index (χ1) is 12.3. The smallest absolute Gasteiger partial charge is 0.191 e. The maximum atomic E-state index is 5.49. The molecule has 0 aromatic carbocycles. The number of ether oxygens (including phenoxy) is 1. The minimum atomic E-state index is 0.504. The zero-order chi connectivity index (χ0) is 17.5. The summed E-state index contributed by atoms with van der Waals surface area (Å²) in [6, 6.07) is 0.504. The molecular weight excluding hydrogens is 334 g/mol. The Balaban J connectivity index is 1.37. The number of hydrogen-bond donors (Lipinski definition) is 2. The lowest BCUT2D eigenvalue weighted by Crippen LogP contribution is -2.49. The summed E-state index contributed by atoms with van der Waals surface area (Å²) in [4.78, 5) is 12.7. The van der Waals surface area contributed by atoms with Gasteiger partial charge in [0, 0.05) is 50.4 Å². The van der Waals surface area contributed by atoms with Gasteiger partial charge in [-0.25, -0.2) is 4.98 Å². The van der Waals surface area contributed by atoms with Gasteiger partial charge < -0.3 is 20.3 Å². The lowest BCUT2D eigenvalue weighted by atomic mass is 10.0. The second kappa shape index (κ2) is 9.50. The standard InChI is InChI=1S/C18H31N5OS/c1-3-16-10-20-17(25-16)11-21-18(19-2)22-15-4-7-23(8-5-15)12-14-6-9-24-13-14/h10,14-15H,3-9,11-13H2,1-2H3,(H2,19,21,22). The first-order valence-electron chi connectivity index (χ1n) is 9.47. The Bertz CT molecular complexity index is 547. The largest absolute Gasteiger partial charge is 0.381 e. The van der Waals surface area contributed by atoms with Crippen LogP contribution in [-0.4, -0.2) is 61.8 Å². The van der Waals surface area contributed by atoms with Crippen LogP contribution in [0.3, 0.4) is 0 Å². The molecule has 0 amide bonds. The molecule has 25 heavy (non-hydrogen) atoms. The highest BCUT2D eigenvalue weighted by molar-refractivity contribution is 7.11. The lowest BCUT2D eigenvalue weighted by molar-refractivity contribution is 0.150. The molecule has 1 atom stereocenters. The quantitative estimate of drug-likeness (QED) is 0.595. The molecule has 3 heterocycles. The van der Waals surface area contributed by atoms with Crippen LogP contribution in [0.1, 0.15) is 36.1 Å². The van der Waals surface area contributed by atoms with Crippen molar-refractivity contribution in [3.05, 3.63) is 16.1 Å². The molecule has 1 aromatic rings. The monoisotopic (exact) mass is 365 g/mol. The van der Waals surface area contributed by atoms with Crippen molar-refractivity contribution in [1.29, 1.82) is 0 Å². The third kappa shape index (κ3) is 5.66. The minimum Gasteiger partial charge on any atom is -0.381 e. The Morgan fingerprint density at radius 3 is 2.88 bits per heavy atom. The Kier molecular flexibility index (Phi) is 7.07. The summed E-state index contributed by atoms with van der Waals surface area (Å²) in [5.74, 6) is 1.63. The van der Waals surface area contributed by atoms with E-state index < -0.39 is 0 Å². The number of guanidine groups is 1. The van der Waals surface area contributed by atoms with E-state index >= 15 is 0 Å². The molecular formula is C18H31N5OS. The highest BCUT2D eigenvalue weighted by Crippen LogP contribution is 2.18. The van der Waals surface area contributed by atoms with Gasteiger partial charge in [0.1, 0.15) is 5.01 Å². The van der Waals surface area contributed by atoms with Crippen LogP contribution in [0.4, 0.5) is 0 Å². The number of hydrogen-bond acceptors (Lipinski definition) is 5. The van der Waals surface area contributed by atoms with Gasteiger partial charge in [0.25, 0.3) is 0 Å². The van der Waals surface area contributed by atoms with Crippen LogP contribution in [0.15, 0.2) is 11.2 Å². The van der Waals surface area contributed by atoms with E-state index in [0.29, 0.717) is 6.04 Å². The molecule has 3 rings (SSSR count). The number of piperidine rings is 1. The zero-order valence-electron chi connectivity index (χ0n) is 15.5. The number of nitrogens with one attached hydrogen (secondary N) is 2. The van der Waals surface area contributed by atoms with Gasteiger partial charge in [-0.3, -0.25) is 4.99 Å². The normalized spacial score (nSPS) is 23.1. The molecule has 0 spiro atoms. The summed E-state index contributed by atoms with van der Waals surface area (Å²) in [6.45, 7) is 8.33. The molecule has 140 valence electrons. The Morgan fingerprint density at radius 1 is 1.40 bits per heavy atom. The van der Waals surface area contributed by atoms with Crippen LogP contribution >= 0.6 is 11.3 Å². The molecule has 1 unspecified atom stereocenters. The molecule has 2 fully saturated rings. The second-order valence-corrected chi connectivity index (χ2v) is 8.15. The fourth-order valence-corrected chi connectivity index (χ4v) is 4.30. The second-order valence-electron chi connectivity index (χ2n) is 6.95. The predicted molar refractivity (Wildman–Crippen MR) is 103 cm³/mol. The number of aliphatic imine (C=N–C) groups is 1. The summed E-state index contributed by atoms with van der Waals surface area (Å²) in [5.41, 5.74) is 0. The van der Waals surface area contributed by atoms with Crippen molar-refractivity contribution in [1.82, 2.24) is 20.5 Å². The Labute approximate surface area is 155 Å². The average Bonchev–Trinajstić information content (AvgIpc) is 3.31. The van der Waals surface area contributed by atoms with E-state index in [1.807, 2.05) is 13.2 Å². The third-order valence-electron chi connectivity index (χ3n) is 5.05. The maximum absolute atomic E-state index is 5.49. The number of likely N-dealkylation sites (tertiary alicyclic amines) is 1. The fourth-order valence-electron chi connectivity index (χ4n) is 3.49. The highest BCUT2D eigenvalue weighted by atomic mass is 32.1. The first kappa shape index (κ1) is 18.6. The summed E-state index contributed by atoms with van der Waals surface area (Å²) in [5, 5.41) is 8.09. The number of aryl methyl sites for hydroxylation is 1. The van der Waals surface area contributed by atoms with Crippen LogP contribution in [0, 0.1) is 5.92 Å². The Hall–Kier alpha value is -1.18. The van der Waals surface area contributed by atoms with Gasteiger partial charge in [0.15, 0.2) is 5.96 Å². The molecule has 2 N–H and O–H groups in total. The maximum Gasteiger partial charge on any atom is 0.191 e. The topological polar surface area (TPSA) is 61.8 Å². The van der Waals surface area contributed by atoms with Gasteiger partial charge in [-0.1, -0.05) is 6.92 Å². The molecule has 7 heteroatoms. The van der Waals surface area contributed by atoms with Crippen molar-refractivity contribution >= 4 is 17.3 Å². The highest BCUT2D eigenvalue weighted by Gasteiger charge is 2.24. The minimum absolute atomic E-state index is 0.504. The van der Waals surface area contributed by atoms with E-state index in [-0.39, 0.29) is 0 Å².